The van der Waals surface area contributed by atoms with E-state index in [9.17, 15) is 4.39 Å². The number of benzene rings is 1. The Hall–Kier alpha value is -2.63. The van der Waals surface area contributed by atoms with Crippen LogP contribution in [0.5, 0.6) is 0 Å². The lowest BCUT2D eigenvalue weighted by Gasteiger charge is -2.22. The van der Waals surface area contributed by atoms with E-state index in [-0.39, 0.29) is 5.82 Å². The molecule has 1 aliphatic rings. The number of nitrogens with zero attached hydrogens (tertiary/aromatic N) is 3. The van der Waals surface area contributed by atoms with Crippen LogP contribution in [0.2, 0.25) is 0 Å². The first kappa shape index (κ1) is 19.1. The van der Waals surface area contributed by atoms with Gasteiger partial charge in [-0.1, -0.05) is 25.0 Å². The molecule has 0 atom stereocenters. The summed E-state index contributed by atoms with van der Waals surface area (Å²) < 4.78 is 13.3. The van der Waals surface area contributed by atoms with E-state index in [0.29, 0.717) is 19.0 Å². The SMILES string of the molecule is CN=C(NCc1cccc(F)c1)NCc1ccnc(N2CCCCCC2)c1. The molecule has 0 amide bonds. The molecule has 5 nitrogen and oxygen atoms in total. The summed E-state index contributed by atoms with van der Waals surface area (Å²) in [5.41, 5.74) is 2.04. The van der Waals surface area contributed by atoms with Gasteiger partial charge in [-0.25, -0.2) is 9.37 Å². The number of rotatable bonds is 5. The molecule has 1 aromatic heterocycles. The fourth-order valence-electron chi connectivity index (χ4n) is 3.28. The maximum absolute atomic E-state index is 13.3. The standard InChI is InChI=1S/C21H28FN5/c1-23-21(25-15-17-7-6-8-19(22)13-17)26-16-18-9-10-24-20(14-18)27-11-4-2-3-5-12-27/h6-10,13-14H,2-5,11-12,15-16H2,1H3,(H2,23,25,26). The van der Waals surface area contributed by atoms with Gasteiger partial charge in [0.2, 0.25) is 0 Å². The zero-order chi connectivity index (χ0) is 18.9. The van der Waals surface area contributed by atoms with Gasteiger partial charge in [-0.15, -0.1) is 0 Å². The summed E-state index contributed by atoms with van der Waals surface area (Å²) in [6.45, 7) is 3.35. The van der Waals surface area contributed by atoms with E-state index in [0.717, 1.165) is 30.0 Å². The molecule has 0 saturated carbocycles. The molecular formula is C21H28FN5. The second-order valence-electron chi connectivity index (χ2n) is 6.83. The van der Waals surface area contributed by atoms with Crippen molar-refractivity contribution >= 4 is 11.8 Å². The average molecular weight is 369 g/mol. The molecule has 1 aromatic carbocycles. The Kier molecular flexibility index (Phi) is 7.02. The van der Waals surface area contributed by atoms with Crippen molar-refractivity contribution < 1.29 is 4.39 Å². The minimum atomic E-state index is -0.227. The van der Waals surface area contributed by atoms with Crippen molar-refractivity contribution in [3.05, 3.63) is 59.5 Å². The van der Waals surface area contributed by atoms with E-state index in [1.165, 1.54) is 37.8 Å². The van der Waals surface area contributed by atoms with Gasteiger partial charge in [0, 0.05) is 39.4 Å². The first-order valence-electron chi connectivity index (χ1n) is 9.63. The van der Waals surface area contributed by atoms with Gasteiger partial charge in [0.1, 0.15) is 11.6 Å². The lowest BCUT2D eigenvalue weighted by atomic mass is 10.2. The predicted octanol–water partition coefficient (Wildman–Crippen LogP) is 3.47. The maximum atomic E-state index is 13.3. The Bertz CT molecular complexity index is 754. The molecule has 0 spiro atoms. The molecular weight excluding hydrogens is 341 g/mol. The van der Waals surface area contributed by atoms with E-state index in [1.54, 1.807) is 13.1 Å². The molecule has 1 aliphatic heterocycles. The first-order chi connectivity index (χ1) is 13.2. The monoisotopic (exact) mass is 369 g/mol. The van der Waals surface area contributed by atoms with Crippen LogP contribution in [0.15, 0.2) is 47.6 Å². The molecule has 3 rings (SSSR count). The van der Waals surface area contributed by atoms with Crippen LogP contribution in [-0.4, -0.2) is 31.1 Å². The number of pyridine rings is 1. The second kappa shape index (κ2) is 9.90. The number of aromatic nitrogens is 1. The van der Waals surface area contributed by atoms with Gasteiger partial charge in [-0.2, -0.15) is 0 Å². The highest BCUT2D eigenvalue weighted by molar-refractivity contribution is 5.79. The average Bonchev–Trinajstić information content (AvgIpc) is 2.98. The van der Waals surface area contributed by atoms with Crippen LogP contribution in [0.25, 0.3) is 0 Å². The van der Waals surface area contributed by atoms with E-state index < -0.39 is 0 Å². The lowest BCUT2D eigenvalue weighted by molar-refractivity contribution is 0.624. The molecule has 0 bridgehead atoms. The molecule has 27 heavy (non-hydrogen) atoms. The third-order valence-corrected chi connectivity index (χ3v) is 4.77. The van der Waals surface area contributed by atoms with Crippen LogP contribution in [0.3, 0.4) is 0 Å². The van der Waals surface area contributed by atoms with Crippen LogP contribution >= 0.6 is 0 Å². The minimum Gasteiger partial charge on any atom is -0.357 e. The third-order valence-electron chi connectivity index (χ3n) is 4.77. The quantitative estimate of drug-likeness (QED) is 0.626. The summed E-state index contributed by atoms with van der Waals surface area (Å²) in [6, 6.07) is 10.7. The number of hydrogen-bond acceptors (Lipinski definition) is 3. The fourth-order valence-corrected chi connectivity index (χ4v) is 3.28. The topological polar surface area (TPSA) is 52.6 Å². The van der Waals surface area contributed by atoms with Crippen molar-refractivity contribution in [2.75, 3.05) is 25.0 Å². The van der Waals surface area contributed by atoms with E-state index >= 15 is 0 Å². The van der Waals surface area contributed by atoms with Crippen molar-refractivity contribution in [3.8, 4) is 0 Å². The van der Waals surface area contributed by atoms with Gasteiger partial charge in [0.15, 0.2) is 5.96 Å². The molecule has 2 N–H and O–H groups in total. The molecule has 1 fully saturated rings. The summed E-state index contributed by atoms with van der Waals surface area (Å²) in [5, 5.41) is 6.53. The lowest BCUT2D eigenvalue weighted by Crippen LogP contribution is -2.36. The van der Waals surface area contributed by atoms with Gasteiger partial charge in [0.25, 0.3) is 0 Å². The van der Waals surface area contributed by atoms with Gasteiger partial charge in [0.05, 0.1) is 0 Å². The zero-order valence-electron chi connectivity index (χ0n) is 15.9. The van der Waals surface area contributed by atoms with E-state index in [4.69, 9.17) is 0 Å². The number of anilines is 1. The van der Waals surface area contributed by atoms with Gasteiger partial charge in [-0.3, -0.25) is 4.99 Å². The molecule has 0 aliphatic carbocycles. The van der Waals surface area contributed by atoms with Crippen molar-refractivity contribution in [2.45, 2.75) is 38.8 Å². The smallest absolute Gasteiger partial charge is 0.191 e. The number of nitrogens with one attached hydrogen (secondary N) is 2. The summed E-state index contributed by atoms with van der Waals surface area (Å²) in [4.78, 5) is 11.2. The number of hydrogen-bond donors (Lipinski definition) is 2. The highest BCUT2D eigenvalue weighted by Gasteiger charge is 2.11. The van der Waals surface area contributed by atoms with Crippen LogP contribution in [-0.2, 0) is 13.1 Å². The van der Waals surface area contributed by atoms with Crippen LogP contribution in [0, 0.1) is 5.82 Å². The summed E-state index contributed by atoms with van der Waals surface area (Å²) in [7, 11) is 1.73. The molecule has 1 saturated heterocycles. The summed E-state index contributed by atoms with van der Waals surface area (Å²) in [5.74, 6) is 1.52. The van der Waals surface area contributed by atoms with Crippen molar-refractivity contribution in [2.24, 2.45) is 4.99 Å². The summed E-state index contributed by atoms with van der Waals surface area (Å²) >= 11 is 0. The molecule has 2 heterocycles. The predicted molar refractivity (Wildman–Crippen MR) is 108 cm³/mol. The van der Waals surface area contributed by atoms with Gasteiger partial charge in [-0.05, 0) is 48.2 Å². The highest BCUT2D eigenvalue weighted by atomic mass is 19.1. The van der Waals surface area contributed by atoms with Crippen LogP contribution in [0.4, 0.5) is 10.2 Å². The number of aliphatic imine (C=N–C) groups is 1. The number of halogens is 1. The largest absolute Gasteiger partial charge is 0.357 e. The Balaban J connectivity index is 1.54. The van der Waals surface area contributed by atoms with Crippen LogP contribution in [0.1, 0.15) is 36.8 Å². The van der Waals surface area contributed by atoms with Crippen molar-refractivity contribution in [1.82, 2.24) is 15.6 Å². The van der Waals surface area contributed by atoms with Gasteiger partial charge >= 0.3 is 0 Å². The normalized spacial score (nSPS) is 15.3. The van der Waals surface area contributed by atoms with Crippen molar-refractivity contribution in [1.29, 1.82) is 0 Å². The summed E-state index contributed by atoms with van der Waals surface area (Å²) in [6.07, 6.45) is 6.97. The minimum absolute atomic E-state index is 0.227. The maximum Gasteiger partial charge on any atom is 0.191 e. The van der Waals surface area contributed by atoms with Gasteiger partial charge < -0.3 is 15.5 Å². The highest BCUT2D eigenvalue weighted by Crippen LogP contribution is 2.18. The molecule has 144 valence electrons. The third kappa shape index (κ3) is 5.94. The van der Waals surface area contributed by atoms with E-state index in [2.05, 4.69) is 31.6 Å². The first-order valence-corrected chi connectivity index (χ1v) is 9.63. The molecule has 0 unspecified atom stereocenters. The molecule has 2 aromatic rings. The Morgan fingerprint density at radius 2 is 1.74 bits per heavy atom. The zero-order valence-corrected chi connectivity index (χ0v) is 15.9. The van der Waals surface area contributed by atoms with Crippen LogP contribution < -0.4 is 15.5 Å². The Morgan fingerprint density at radius 1 is 1.04 bits per heavy atom. The molecule has 0 radical (unpaired) electrons. The molecule has 6 heteroatoms. The fraction of sp³-hybridized carbons (Fsp3) is 0.429. The van der Waals surface area contributed by atoms with E-state index in [1.807, 2.05) is 18.3 Å². The Labute approximate surface area is 160 Å². The van der Waals surface area contributed by atoms with Crippen molar-refractivity contribution in [3.63, 3.8) is 0 Å². The number of guanidine groups is 1. The Morgan fingerprint density at radius 3 is 2.41 bits per heavy atom. The second-order valence-corrected chi connectivity index (χ2v) is 6.83.